The van der Waals surface area contributed by atoms with Crippen molar-refractivity contribution in [2.45, 2.75) is 0 Å². The van der Waals surface area contributed by atoms with Gasteiger partial charge in [-0.1, -0.05) is 0 Å². The number of nitrogens with one attached hydrogen (secondary N) is 1. The summed E-state index contributed by atoms with van der Waals surface area (Å²) in [6, 6.07) is 0. The van der Waals surface area contributed by atoms with Crippen LogP contribution >= 0.6 is 11.3 Å². The van der Waals surface area contributed by atoms with E-state index >= 15 is 0 Å². The number of nitrogens with zero attached hydrogens (tertiary/aromatic N) is 2. The third kappa shape index (κ3) is 7.44. The van der Waals surface area contributed by atoms with Gasteiger partial charge in [0.1, 0.15) is 11.0 Å². The van der Waals surface area contributed by atoms with Crippen LogP contribution in [0.4, 0.5) is 0 Å². The van der Waals surface area contributed by atoms with Crippen molar-refractivity contribution in [3.8, 4) is 0 Å². The molecule has 0 aliphatic heterocycles. The van der Waals surface area contributed by atoms with Crippen molar-refractivity contribution in [2.75, 3.05) is 13.5 Å². The summed E-state index contributed by atoms with van der Waals surface area (Å²) in [5, 5.41) is 24.8. The zero-order valence-electron chi connectivity index (χ0n) is 5.27. The molecule has 0 amide bonds. The Kier molecular flexibility index (Phi) is 7.97. The summed E-state index contributed by atoms with van der Waals surface area (Å²) in [4.78, 5) is 0. The third-order valence-corrected chi connectivity index (χ3v) is 0.938. The molecular formula is C4H9N3O2S. The van der Waals surface area contributed by atoms with E-state index in [4.69, 9.17) is 10.2 Å². The van der Waals surface area contributed by atoms with Crippen molar-refractivity contribution in [3.63, 3.8) is 0 Å². The maximum atomic E-state index is 7.80. The second-order valence-corrected chi connectivity index (χ2v) is 1.84. The molecule has 1 rings (SSSR count). The molecule has 0 aliphatic carbocycles. The van der Waals surface area contributed by atoms with Crippen LogP contribution in [0.15, 0.2) is 11.0 Å². The quantitative estimate of drug-likeness (QED) is 0.488. The Bertz CT molecular complexity index is 105. The fourth-order valence-corrected chi connectivity index (χ4v) is 0.458. The zero-order valence-corrected chi connectivity index (χ0v) is 6.08. The average Bonchev–Trinajstić information content (AvgIpc) is 2.44. The van der Waals surface area contributed by atoms with Gasteiger partial charge in [-0.25, -0.2) is 0 Å². The maximum Gasteiger partial charge on any atom is 0.103 e. The average molecular weight is 163 g/mol. The highest BCUT2D eigenvalue weighted by atomic mass is 32.1. The third-order valence-electron chi connectivity index (χ3n) is 0.506. The summed E-state index contributed by atoms with van der Waals surface area (Å²) >= 11 is 1.49. The lowest BCUT2D eigenvalue weighted by atomic mass is 11.1. The Morgan fingerprint density at radius 2 is 1.70 bits per heavy atom. The van der Waals surface area contributed by atoms with Crippen LogP contribution in [0.2, 0.25) is 0 Å². The molecule has 0 radical (unpaired) electrons. The van der Waals surface area contributed by atoms with Crippen molar-refractivity contribution >= 4 is 11.3 Å². The van der Waals surface area contributed by atoms with Crippen LogP contribution in [-0.4, -0.2) is 33.9 Å². The van der Waals surface area contributed by atoms with Gasteiger partial charge in [-0.3, -0.25) is 5.32 Å². The van der Waals surface area contributed by atoms with Gasteiger partial charge in [0, 0.05) is 0 Å². The van der Waals surface area contributed by atoms with E-state index in [9.17, 15) is 0 Å². The molecule has 0 aromatic carbocycles. The Morgan fingerprint density at radius 1 is 1.20 bits per heavy atom. The van der Waals surface area contributed by atoms with E-state index in [1.807, 2.05) is 0 Å². The maximum absolute atomic E-state index is 7.80. The number of rotatable bonds is 2. The predicted molar refractivity (Wildman–Crippen MR) is 37.2 cm³/mol. The second-order valence-electron chi connectivity index (χ2n) is 1.14. The molecule has 0 fully saturated rings. The van der Waals surface area contributed by atoms with E-state index < -0.39 is 0 Å². The van der Waals surface area contributed by atoms with Crippen molar-refractivity contribution in [3.05, 3.63) is 11.0 Å². The number of hydrogen-bond acceptors (Lipinski definition) is 6. The highest BCUT2D eigenvalue weighted by Gasteiger charge is 1.64. The van der Waals surface area contributed by atoms with Gasteiger partial charge in [0.2, 0.25) is 0 Å². The van der Waals surface area contributed by atoms with Crippen LogP contribution < -0.4 is 5.32 Å². The molecule has 6 heteroatoms. The molecule has 58 valence electrons. The van der Waals surface area contributed by atoms with Gasteiger partial charge in [0.25, 0.3) is 0 Å². The number of hydrogen-bond donors (Lipinski definition) is 3. The van der Waals surface area contributed by atoms with Gasteiger partial charge >= 0.3 is 0 Å². The molecule has 1 aromatic rings. The summed E-state index contributed by atoms with van der Waals surface area (Å²) in [5.74, 6) is 0. The Labute approximate surface area is 62.4 Å². The molecule has 3 N–H and O–H groups in total. The van der Waals surface area contributed by atoms with Gasteiger partial charge in [0.05, 0.1) is 13.5 Å². The lowest BCUT2D eigenvalue weighted by Crippen LogP contribution is -2.14. The summed E-state index contributed by atoms with van der Waals surface area (Å²) in [7, 11) is 0. The lowest BCUT2D eigenvalue weighted by molar-refractivity contribution is 0.185. The van der Waals surface area contributed by atoms with Crippen molar-refractivity contribution < 1.29 is 10.2 Å². The molecule has 0 bridgehead atoms. The highest BCUT2D eigenvalue weighted by molar-refractivity contribution is 7.07. The first-order chi connectivity index (χ1) is 4.91. The van der Waals surface area contributed by atoms with Gasteiger partial charge in [-0.2, -0.15) is 0 Å². The molecule has 0 spiro atoms. The molecule has 1 aromatic heterocycles. The Balaban J connectivity index is 0.000000162. The van der Waals surface area contributed by atoms with Crippen LogP contribution in [-0.2, 0) is 0 Å². The molecule has 0 unspecified atom stereocenters. The summed E-state index contributed by atoms with van der Waals surface area (Å²) in [6.45, 7) is -0.312. The van der Waals surface area contributed by atoms with Gasteiger partial charge in [-0.15, -0.1) is 21.5 Å². The molecule has 0 atom stereocenters. The standard InChI is InChI=1S/C2H2N2S.C2H7NO2/c1-3-4-2-5-1;4-1-3-2-5/h1-2H;3-5H,1-2H2. The molecule has 5 nitrogen and oxygen atoms in total. The van der Waals surface area contributed by atoms with Gasteiger partial charge in [-0.05, 0) is 0 Å². The molecule has 1 heterocycles. The summed E-state index contributed by atoms with van der Waals surface area (Å²) < 4.78 is 0. The van der Waals surface area contributed by atoms with Crippen molar-refractivity contribution in [1.29, 1.82) is 0 Å². The largest absolute Gasteiger partial charge is 0.381 e. The fraction of sp³-hybridized carbons (Fsp3) is 0.500. The number of aliphatic hydroxyl groups is 2. The van der Waals surface area contributed by atoms with E-state index in [1.165, 1.54) is 11.3 Å². The minimum Gasteiger partial charge on any atom is -0.381 e. The number of aromatic nitrogens is 2. The SMILES string of the molecule is OCNCO.c1nncs1. The van der Waals surface area contributed by atoms with Gasteiger partial charge < -0.3 is 10.2 Å². The second kappa shape index (κ2) is 8.44. The zero-order chi connectivity index (χ0) is 7.66. The van der Waals surface area contributed by atoms with Gasteiger partial charge in [0.15, 0.2) is 0 Å². The monoisotopic (exact) mass is 163 g/mol. The molecule has 10 heavy (non-hydrogen) atoms. The first-order valence-electron chi connectivity index (χ1n) is 2.53. The molecule has 0 aliphatic rings. The molecule has 0 saturated heterocycles. The van der Waals surface area contributed by atoms with E-state index in [2.05, 4.69) is 15.5 Å². The summed E-state index contributed by atoms with van der Waals surface area (Å²) in [5.41, 5.74) is 3.36. The minimum absolute atomic E-state index is 0.156. The topological polar surface area (TPSA) is 78.3 Å². The van der Waals surface area contributed by atoms with E-state index in [0.717, 1.165) is 0 Å². The minimum atomic E-state index is -0.156. The van der Waals surface area contributed by atoms with E-state index in [-0.39, 0.29) is 13.5 Å². The van der Waals surface area contributed by atoms with Crippen LogP contribution in [0.25, 0.3) is 0 Å². The number of aliphatic hydroxyl groups excluding tert-OH is 2. The van der Waals surface area contributed by atoms with Crippen LogP contribution in [0.5, 0.6) is 0 Å². The summed E-state index contributed by atoms with van der Waals surface area (Å²) in [6.07, 6.45) is 0. The predicted octanol–water partition coefficient (Wildman–Crippen LogP) is -0.986. The van der Waals surface area contributed by atoms with Crippen molar-refractivity contribution in [1.82, 2.24) is 15.5 Å². The Morgan fingerprint density at radius 3 is 1.80 bits per heavy atom. The van der Waals surface area contributed by atoms with Crippen molar-refractivity contribution in [2.24, 2.45) is 0 Å². The smallest absolute Gasteiger partial charge is 0.103 e. The first-order valence-corrected chi connectivity index (χ1v) is 3.47. The Hall–Kier alpha value is -0.560. The van der Waals surface area contributed by atoms with E-state index in [1.54, 1.807) is 11.0 Å². The highest BCUT2D eigenvalue weighted by Crippen LogP contribution is 1.80. The molecule has 0 saturated carbocycles. The van der Waals surface area contributed by atoms with Crippen LogP contribution in [0.3, 0.4) is 0 Å². The fourth-order valence-electron chi connectivity index (χ4n) is 0.186. The first kappa shape index (κ1) is 9.44. The van der Waals surface area contributed by atoms with Crippen LogP contribution in [0.1, 0.15) is 0 Å². The normalized spacial score (nSPS) is 8.20. The van der Waals surface area contributed by atoms with Crippen LogP contribution in [0, 0.1) is 0 Å². The molecular weight excluding hydrogens is 154 g/mol. The lowest BCUT2D eigenvalue weighted by Gasteiger charge is -1.85. The van der Waals surface area contributed by atoms with E-state index in [0.29, 0.717) is 0 Å².